The van der Waals surface area contributed by atoms with Gasteiger partial charge in [-0.3, -0.25) is 9.78 Å². The maximum Gasteiger partial charge on any atom is 0.405 e. The number of nitrogens with zero attached hydrogens (tertiary/aromatic N) is 1. The molecule has 6 nitrogen and oxygen atoms in total. The Morgan fingerprint density at radius 1 is 1.20 bits per heavy atom. The number of ether oxygens (including phenoxy) is 1. The second-order valence-corrected chi connectivity index (χ2v) is 6.85. The van der Waals surface area contributed by atoms with Crippen molar-refractivity contribution in [2.45, 2.75) is 36.6 Å². The van der Waals surface area contributed by atoms with Gasteiger partial charge in [0.2, 0.25) is 0 Å². The van der Waals surface area contributed by atoms with Gasteiger partial charge in [-0.15, -0.1) is 11.8 Å². The van der Waals surface area contributed by atoms with Gasteiger partial charge in [0.05, 0.1) is 12.2 Å². The van der Waals surface area contributed by atoms with E-state index in [2.05, 4.69) is 22.4 Å². The Morgan fingerprint density at radius 2 is 1.92 bits per heavy atom. The highest BCUT2D eigenvalue weighted by molar-refractivity contribution is 7.98. The molecule has 0 aliphatic rings. The van der Waals surface area contributed by atoms with Crippen LogP contribution >= 0.6 is 11.8 Å². The van der Waals surface area contributed by atoms with Crippen molar-refractivity contribution in [2.24, 2.45) is 5.73 Å². The van der Waals surface area contributed by atoms with Crippen molar-refractivity contribution in [3.8, 4) is 0 Å². The van der Waals surface area contributed by atoms with Crippen molar-refractivity contribution < 1.29 is 14.3 Å². The van der Waals surface area contributed by atoms with E-state index in [1.165, 1.54) is 19.4 Å². The molecule has 0 unspecified atom stereocenters. The molecule has 0 saturated carbocycles. The summed E-state index contributed by atoms with van der Waals surface area (Å²) in [6.45, 7) is 3.20. The first kappa shape index (κ1) is 18.8. The molecule has 0 saturated heterocycles. The van der Waals surface area contributed by atoms with Gasteiger partial charge in [-0.1, -0.05) is 30.3 Å². The summed E-state index contributed by atoms with van der Waals surface area (Å²) in [4.78, 5) is 28.4. The van der Waals surface area contributed by atoms with Crippen LogP contribution in [0.4, 0.5) is 4.79 Å². The van der Waals surface area contributed by atoms with E-state index in [1.807, 2.05) is 30.3 Å². The van der Waals surface area contributed by atoms with Crippen LogP contribution in [0.25, 0.3) is 0 Å². The number of nitrogens with one attached hydrogen (secondary N) is 1. The first-order chi connectivity index (χ1) is 11.9. The lowest BCUT2D eigenvalue weighted by molar-refractivity contribution is -0.136. The lowest BCUT2D eigenvalue weighted by Crippen LogP contribution is -2.46. The fourth-order valence-corrected chi connectivity index (χ4v) is 3.08. The summed E-state index contributed by atoms with van der Waals surface area (Å²) in [5, 5.41) is 2.74. The standard InChI is InChI=1S/C18H21N3O3S/c1-18(2,24-17(19)23)16(22)21-11-14-15(9-6-10-20-14)25-12-13-7-4-3-5-8-13/h3-10H,11-12H2,1-2H3,(H2,19,23)(H,21,22). The number of rotatable bonds is 7. The normalized spacial score (nSPS) is 11.0. The smallest absolute Gasteiger partial charge is 0.405 e. The van der Waals surface area contributed by atoms with Gasteiger partial charge in [0.15, 0.2) is 5.60 Å². The molecule has 3 N–H and O–H groups in total. The monoisotopic (exact) mass is 359 g/mol. The molecule has 0 aliphatic carbocycles. The first-order valence-corrected chi connectivity index (χ1v) is 8.74. The third kappa shape index (κ3) is 5.79. The van der Waals surface area contributed by atoms with Gasteiger partial charge in [0.1, 0.15) is 0 Å². The Morgan fingerprint density at radius 3 is 2.60 bits per heavy atom. The average molecular weight is 359 g/mol. The molecule has 0 radical (unpaired) electrons. The minimum Gasteiger partial charge on any atom is -0.434 e. The molecule has 0 bridgehead atoms. The molecule has 1 heterocycles. The number of nitrogens with two attached hydrogens (primary N) is 1. The second kappa shape index (κ2) is 8.53. The van der Waals surface area contributed by atoms with Crippen LogP contribution in [0.15, 0.2) is 53.6 Å². The highest BCUT2D eigenvalue weighted by Gasteiger charge is 2.31. The van der Waals surface area contributed by atoms with Crippen LogP contribution in [0.2, 0.25) is 0 Å². The van der Waals surface area contributed by atoms with Crippen LogP contribution in [0.3, 0.4) is 0 Å². The summed E-state index contributed by atoms with van der Waals surface area (Å²) in [7, 11) is 0. The molecule has 0 fully saturated rings. The summed E-state index contributed by atoms with van der Waals surface area (Å²) in [5.74, 6) is 0.375. The molecule has 7 heteroatoms. The van der Waals surface area contributed by atoms with E-state index in [0.29, 0.717) is 0 Å². The molecule has 0 aliphatic heterocycles. The number of primary amides is 1. The summed E-state index contributed by atoms with van der Waals surface area (Å²) >= 11 is 1.65. The molecule has 2 amide bonds. The summed E-state index contributed by atoms with van der Waals surface area (Å²) in [6, 6.07) is 13.9. The average Bonchev–Trinajstić information content (AvgIpc) is 2.58. The molecule has 2 aromatic rings. The van der Waals surface area contributed by atoms with Gasteiger partial charge >= 0.3 is 6.09 Å². The minimum absolute atomic E-state index is 0.238. The number of benzene rings is 1. The van der Waals surface area contributed by atoms with E-state index in [4.69, 9.17) is 10.5 Å². The molecule has 1 aromatic heterocycles. The topological polar surface area (TPSA) is 94.3 Å². The van der Waals surface area contributed by atoms with E-state index in [-0.39, 0.29) is 6.54 Å². The van der Waals surface area contributed by atoms with Gasteiger partial charge in [-0.2, -0.15) is 0 Å². The molecular formula is C18H21N3O3S. The van der Waals surface area contributed by atoms with Crippen LogP contribution in [-0.4, -0.2) is 22.6 Å². The van der Waals surface area contributed by atoms with Crippen LogP contribution in [-0.2, 0) is 21.8 Å². The lowest BCUT2D eigenvalue weighted by atomic mass is 10.1. The maximum absolute atomic E-state index is 12.2. The van der Waals surface area contributed by atoms with E-state index >= 15 is 0 Å². The lowest BCUT2D eigenvalue weighted by Gasteiger charge is -2.22. The Hall–Kier alpha value is -2.54. The van der Waals surface area contributed by atoms with Crippen molar-refractivity contribution in [3.63, 3.8) is 0 Å². The predicted octanol–water partition coefficient (Wildman–Crippen LogP) is 2.86. The second-order valence-electron chi connectivity index (χ2n) is 5.84. The van der Waals surface area contributed by atoms with Gasteiger partial charge in [-0.05, 0) is 31.5 Å². The summed E-state index contributed by atoms with van der Waals surface area (Å²) in [6.07, 6.45) is 0.691. The molecule has 25 heavy (non-hydrogen) atoms. The number of aromatic nitrogens is 1. The molecule has 0 spiro atoms. The molecule has 1 aromatic carbocycles. The third-order valence-electron chi connectivity index (χ3n) is 3.40. The van der Waals surface area contributed by atoms with Crippen LogP contribution in [0, 0.1) is 0 Å². The number of thioether (sulfide) groups is 1. The van der Waals surface area contributed by atoms with Crippen molar-refractivity contribution in [1.82, 2.24) is 10.3 Å². The van der Waals surface area contributed by atoms with Crippen molar-refractivity contribution in [1.29, 1.82) is 0 Å². The van der Waals surface area contributed by atoms with E-state index in [9.17, 15) is 9.59 Å². The molecule has 2 rings (SSSR count). The van der Waals surface area contributed by atoms with E-state index in [1.54, 1.807) is 18.0 Å². The fraction of sp³-hybridized carbons (Fsp3) is 0.278. The molecule has 0 atom stereocenters. The number of hydrogen-bond acceptors (Lipinski definition) is 5. The quantitative estimate of drug-likeness (QED) is 0.741. The van der Waals surface area contributed by atoms with Crippen molar-refractivity contribution >= 4 is 23.8 Å². The maximum atomic E-state index is 12.2. The van der Waals surface area contributed by atoms with Crippen molar-refractivity contribution in [3.05, 3.63) is 59.9 Å². The fourth-order valence-electron chi connectivity index (χ4n) is 2.10. The van der Waals surface area contributed by atoms with E-state index in [0.717, 1.165) is 16.3 Å². The number of amides is 2. The predicted molar refractivity (Wildman–Crippen MR) is 96.8 cm³/mol. The van der Waals surface area contributed by atoms with Crippen LogP contribution < -0.4 is 11.1 Å². The number of carbonyl (C=O) groups excluding carboxylic acids is 2. The van der Waals surface area contributed by atoms with Gasteiger partial charge in [0.25, 0.3) is 5.91 Å². The zero-order chi connectivity index (χ0) is 18.3. The summed E-state index contributed by atoms with van der Waals surface area (Å²) in [5.41, 5.74) is 5.62. The highest BCUT2D eigenvalue weighted by Crippen LogP contribution is 2.25. The SMILES string of the molecule is CC(C)(OC(N)=O)C(=O)NCc1ncccc1SCc1ccccc1. The largest absolute Gasteiger partial charge is 0.434 e. The van der Waals surface area contributed by atoms with Gasteiger partial charge in [0, 0.05) is 16.8 Å². The first-order valence-electron chi connectivity index (χ1n) is 7.76. The van der Waals surface area contributed by atoms with Gasteiger partial charge < -0.3 is 15.8 Å². The number of carbonyl (C=O) groups is 2. The third-order valence-corrected chi connectivity index (χ3v) is 4.56. The Balaban J connectivity index is 1.98. The molecule has 132 valence electrons. The van der Waals surface area contributed by atoms with Gasteiger partial charge in [-0.25, -0.2) is 4.79 Å². The molecular weight excluding hydrogens is 338 g/mol. The minimum atomic E-state index is -1.34. The zero-order valence-corrected chi connectivity index (χ0v) is 15.0. The number of hydrogen-bond donors (Lipinski definition) is 2. The summed E-state index contributed by atoms with van der Waals surface area (Å²) < 4.78 is 4.82. The Labute approximate surface area is 151 Å². The van der Waals surface area contributed by atoms with E-state index < -0.39 is 17.6 Å². The Bertz CT molecular complexity index is 735. The number of pyridine rings is 1. The van der Waals surface area contributed by atoms with Crippen molar-refractivity contribution in [2.75, 3.05) is 0 Å². The van der Waals surface area contributed by atoms with Crippen LogP contribution in [0.1, 0.15) is 25.1 Å². The highest BCUT2D eigenvalue weighted by atomic mass is 32.2. The Kier molecular flexibility index (Phi) is 6.41. The zero-order valence-electron chi connectivity index (χ0n) is 14.2. The van der Waals surface area contributed by atoms with Crippen LogP contribution in [0.5, 0.6) is 0 Å².